The summed E-state index contributed by atoms with van der Waals surface area (Å²) in [4.78, 5) is 9.77. The van der Waals surface area contributed by atoms with Crippen molar-refractivity contribution in [3.05, 3.63) is 0 Å². The van der Waals surface area contributed by atoms with Crippen LogP contribution in [-0.2, 0) is 0 Å². The summed E-state index contributed by atoms with van der Waals surface area (Å²) in [6.07, 6.45) is 19.3. The summed E-state index contributed by atoms with van der Waals surface area (Å²) in [7, 11) is -1.78. The summed E-state index contributed by atoms with van der Waals surface area (Å²) in [5.41, 5.74) is 0. The Morgan fingerprint density at radius 3 is 1.35 bits per heavy atom. The fourth-order valence-corrected chi connectivity index (χ4v) is 4.20. The molecule has 0 radical (unpaired) electrons. The molecule has 0 spiro atoms. The van der Waals surface area contributed by atoms with Gasteiger partial charge < -0.3 is 9.90 Å². The predicted molar refractivity (Wildman–Crippen MR) is 105 cm³/mol. The molecule has 0 aromatic rings. The fraction of sp³-hybridized carbons (Fsp3) is 1.00. The maximum atomic E-state index is 9.77. The van der Waals surface area contributed by atoms with Gasteiger partial charge in [-0.1, -0.05) is 90.4 Å². The third-order valence-electron chi connectivity index (χ3n) is 4.80. The summed E-state index contributed by atoms with van der Waals surface area (Å²) >= 11 is 0. The number of hydrogen-bond donors (Lipinski definition) is 2. The van der Waals surface area contributed by atoms with Gasteiger partial charge >= 0.3 is 0 Å². The highest BCUT2D eigenvalue weighted by atomic mass is 28.4. The van der Waals surface area contributed by atoms with Gasteiger partial charge in [0.15, 0.2) is 8.32 Å². The fourth-order valence-electron chi connectivity index (χ4n) is 3.09. The Hall–Kier alpha value is 0.137. The predicted octanol–water partition coefficient (Wildman–Crippen LogP) is 6.42. The first-order valence-electron chi connectivity index (χ1n) is 10.4. The third kappa shape index (κ3) is 20.1. The lowest BCUT2D eigenvalue weighted by Gasteiger charge is -2.12. The highest BCUT2D eigenvalue weighted by Gasteiger charge is 2.15. The highest BCUT2D eigenvalue weighted by Crippen LogP contribution is 2.15. The normalized spacial score (nSPS) is 13.4. The number of aliphatic hydroxyl groups is 1. The molecule has 0 saturated carbocycles. The second-order valence-corrected chi connectivity index (χ2v) is 12.1. The van der Waals surface area contributed by atoms with E-state index in [2.05, 4.69) is 6.92 Å². The van der Waals surface area contributed by atoms with Crippen molar-refractivity contribution in [2.75, 3.05) is 0 Å². The number of rotatable bonds is 17. The molecule has 0 fully saturated rings. The lowest BCUT2D eigenvalue weighted by molar-refractivity contribution is 0.156. The van der Waals surface area contributed by atoms with Crippen LogP contribution in [0.2, 0.25) is 19.1 Å². The highest BCUT2D eigenvalue weighted by molar-refractivity contribution is 6.69. The molecule has 23 heavy (non-hydrogen) atoms. The van der Waals surface area contributed by atoms with Crippen molar-refractivity contribution < 1.29 is 9.90 Å². The minimum Gasteiger partial charge on any atom is -0.432 e. The molecule has 0 aromatic heterocycles. The first kappa shape index (κ1) is 23.1. The maximum Gasteiger partial charge on any atom is 0.182 e. The molecule has 0 aliphatic heterocycles. The molecule has 0 heterocycles. The zero-order valence-electron chi connectivity index (χ0n) is 16.3. The zero-order chi connectivity index (χ0) is 17.4. The van der Waals surface area contributed by atoms with Gasteiger partial charge in [0.25, 0.3) is 0 Å². The summed E-state index contributed by atoms with van der Waals surface area (Å²) in [6.45, 7) is 6.14. The molecule has 0 aliphatic carbocycles. The minimum atomic E-state index is -1.78. The molecule has 0 aliphatic rings. The van der Waals surface area contributed by atoms with E-state index in [1.54, 1.807) is 0 Å². The van der Waals surface area contributed by atoms with E-state index in [1.807, 2.05) is 13.1 Å². The van der Waals surface area contributed by atoms with Crippen molar-refractivity contribution in [1.29, 1.82) is 0 Å². The van der Waals surface area contributed by atoms with Gasteiger partial charge in [-0.15, -0.1) is 0 Å². The van der Waals surface area contributed by atoms with E-state index in [4.69, 9.17) is 0 Å². The third-order valence-corrected chi connectivity index (χ3v) is 6.37. The first-order valence-corrected chi connectivity index (χ1v) is 13.5. The average molecular weight is 345 g/mol. The van der Waals surface area contributed by atoms with Crippen LogP contribution >= 0.6 is 0 Å². The molecule has 2 nitrogen and oxygen atoms in total. The van der Waals surface area contributed by atoms with Crippen LogP contribution in [0.25, 0.3) is 0 Å². The monoisotopic (exact) mass is 344 g/mol. The largest absolute Gasteiger partial charge is 0.432 e. The Bertz CT molecular complexity index is 238. The van der Waals surface area contributed by atoms with Crippen LogP contribution in [0.1, 0.15) is 103 Å². The Balaban J connectivity index is 3.05. The van der Waals surface area contributed by atoms with Crippen LogP contribution in [-0.4, -0.2) is 24.3 Å². The van der Waals surface area contributed by atoms with Crippen LogP contribution in [0.5, 0.6) is 0 Å². The van der Waals surface area contributed by atoms with Gasteiger partial charge in [0.05, 0.1) is 6.10 Å². The number of hydrogen-bond acceptors (Lipinski definition) is 2. The van der Waals surface area contributed by atoms with Crippen LogP contribution in [0, 0.1) is 0 Å². The van der Waals surface area contributed by atoms with Crippen LogP contribution < -0.4 is 0 Å². The molecule has 0 aromatic carbocycles. The molecule has 0 amide bonds. The minimum absolute atomic E-state index is 0.0628. The molecule has 2 N–H and O–H groups in total. The van der Waals surface area contributed by atoms with E-state index in [0.29, 0.717) is 0 Å². The molecule has 0 saturated heterocycles. The van der Waals surface area contributed by atoms with Gasteiger partial charge in [0.2, 0.25) is 0 Å². The summed E-state index contributed by atoms with van der Waals surface area (Å²) in [6, 6.07) is 1.07. The van der Waals surface area contributed by atoms with Crippen molar-refractivity contribution >= 4 is 8.32 Å². The quantitative estimate of drug-likeness (QED) is 0.236. The molecule has 140 valence electrons. The van der Waals surface area contributed by atoms with Crippen molar-refractivity contribution in [3.8, 4) is 0 Å². The van der Waals surface area contributed by atoms with Gasteiger partial charge in [-0.05, 0) is 32.0 Å². The molecule has 0 bridgehead atoms. The van der Waals surface area contributed by atoms with E-state index < -0.39 is 8.32 Å². The maximum absolute atomic E-state index is 9.77. The number of unbranched alkanes of at least 4 members (excludes halogenated alkanes) is 12. The summed E-state index contributed by atoms with van der Waals surface area (Å²) in [5.74, 6) is 0. The van der Waals surface area contributed by atoms with Gasteiger partial charge in [-0.2, -0.15) is 0 Å². The number of aliphatic hydroxyl groups excluding tert-OH is 1. The molecule has 3 heteroatoms. The molecule has 1 unspecified atom stereocenters. The topological polar surface area (TPSA) is 40.5 Å². The Labute approximate surface area is 147 Å². The van der Waals surface area contributed by atoms with E-state index >= 15 is 0 Å². The van der Waals surface area contributed by atoms with Crippen LogP contribution in [0.3, 0.4) is 0 Å². The summed E-state index contributed by atoms with van der Waals surface area (Å²) in [5, 5.41) is 9.48. The Kier molecular flexibility index (Phi) is 15.7. The lowest BCUT2D eigenvalue weighted by Crippen LogP contribution is -2.23. The van der Waals surface area contributed by atoms with E-state index in [-0.39, 0.29) is 6.10 Å². The lowest BCUT2D eigenvalue weighted by atomic mass is 10.0. The smallest absolute Gasteiger partial charge is 0.182 e. The van der Waals surface area contributed by atoms with E-state index in [0.717, 1.165) is 18.9 Å². The molecule has 0 rings (SSSR count). The van der Waals surface area contributed by atoms with Crippen molar-refractivity contribution in [2.45, 2.75) is 128 Å². The average Bonchev–Trinajstić information content (AvgIpc) is 2.49. The van der Waals surface area contributed by atoms with Crippen molar-refractivity contribution in [1.82, 2.24) is 0 Å². The van der Waals surface area contributed by atoms with E-state index in [1.165, 1.54) is 83.5 Å². The van der Waals surface area contributed by atoms with Crippen LogP contribution in [0.15, 0.2) is 0 Å². The van der Waals surface area contributed by atoms with Crippen molar-refractivity contribution in [3.63, 3.8) is 0 Å². The van der Waals surface area contributed by atoms with Crippen molar-refractivity contribution in [2.24, 2.45) is 0 Å². The SMILES string of the molecule is CCC(O)CCCCCCCCCCCCCCC[Si](C)(C)O. The molecular formula is C20H44O2Si. The standard InChI is InChI=1S/C20H44O2Si/c1-4-20(21)18-16-14-12-10-8-6-5-7-9-11-13-15-17-19-23(2,3)22/h20-22H,4-19H2,1-3H3. The van der Waals surface area contributed by atoms with Crippen LogP contribution in [0.4, 0.5) is 0 Å². The first-order chi connectivity index (χ1) is 11.0. The second-order valence-electron chi connectivity index (χ2n) is 8.01. The summed E-state index contributed by atoms with van der Waals surface area (Å²) < 4.78 is 0. The van der Waals surface area contributed by atoms with Gasteiger partial charge in [0.1, 0.15) is 0 Å². The van der Waals surface area contributed by atoms with E-state index in [9.17, 15) is 9.90 Å². The second kappa shape index (κ2) is 15.7. The van der Waals surface area contributed by atoms with Gasteiger partial charge in [-0.3, -0.25) is 0 Å². The molecular weight excluding hydrogens is 300 g/mol. The Morgan fingerprint density at radius 1 is 0.652 bits per heavy atom. The van der Waals surface area contributed by atoms with Gasteiger partial charge in [-0.25, -0.2) is 0 Å². The Morgan fingerprint density at radius 2 is 1.00 bits per heavy atom. The zero-order valence-corrected chi connectivity index (χ0v) is 17.3. The van der Waals surface area contributed by atoms with Gasteiger partial charge in [0, 0.05) is 0 Å². The molecule has 1 atom stereocenters.